The van der Waals surface area contributed by atoms with Gasteiger partial charge in [0.05, 0.1) is 14.5 Å². The van der Waals surface area contributed by atoms with E-state index in [9.17, 15) is 9.59 Å². The molecule has 0 heterocycles. The zero-order chi connectivity index (χ0) is 24.7. The predicted molar refractivity (Wildman–Crippen MR) is 141 cm³/mol. The van der Waals surface area contributed by atoms with Crippen molar-refractivity contribution in [1.82, 2.24) is 0 Å². The van der Waals surface area contributed by atoms with E-state index in [1.807, 2.05) is 51.1 Å². The van der Waals surface area contributed by atoms with Crippen molar-refractivity contribution in [3.63, 3.8) is 0 Å². The average Bonchev–Trinajstić information content (AvgIpc) is 2.82. The second-order valence-corrected chi connectivity index (χ2v) is 9.53. The Morgan fingerprint density at radius 1 is 0.912 bits per heavy atom. The fourth-order valence-electron chi connectivity index (χ4n) is 3.51. The molecule has 178 valence electrons. The molecular weight excluding hydrogens is 562 g/mol. The fourth-order valence-corrected chi connectivity index (χ4v) is 5.15. The van der Waals surface area contributed by atoms with Gasteiger partial charge >= 0.3 is 5.97 Å². The van der Waals surface area contributed by atoms with Crippen LogP contribution in [0.5, 0.6) is 5.75 Å². The standard InChI is InChI=1S/C27H27Br2NO4/c1-4-19-7-6-8-20(5-2)25(19)30-24(31)16-34-27(32)21-11-9-18(10-12-21)15-33-26-22(28)13-17(3)14-23(26)29/h6-14H,4-5,15-16H2,1-3H3,(H,30,31). The summed E-state index contributed by atoms with van der Waals surface area (Å²) < 4.78 is 12.9. The first-order valence-electron chi connectivity index (χ1n) is 11.1. The van der Waals surface area contributed by atoms with Crippen LogP contribution >= 0.6 is 31.9 Å². The average molecular weight is 589 g/mol. The highest BCUT2D eigenvalue weighted by atomic mass is 79.9. The first-order valence-corrected chi connectivity index (χ1v) is 12.7. The van der Waals surface area contributed by atoms with E-state index < -0.39 is 5.97 Å². The van der Waals surface area contributed by atoms with Gasteiger partial charge in [-0.2, -0.15) is 0 Å². The summed E-state index contributed by atoms with van der Waals surface area (Å²) in [6.45, 7) is 6.08. The van der Waals surface area contributed by atoms with Crippen molar-refractivity contribution in [1.29, 1.82) is 0 Å². The molecule has 0 bridgehead atoms. The Hall–Kier alpha value is -2.64. The molecule has 0 aliphatic rings. The zero-order valence-electron chi connectivity index (χ0n) is 19.4. The van der Waals surface area contributed by atoms with Crippen molar-refractivity contribution in [3.8, 4) is 5.75 Å². The Bertz CT molecular complexity index is 1130. The molecule has 0 aliphatic carbocycles. The van der Waals surface area contributed by atoms with Crippen LogP contribution in [0.15, 0.2) is 63.5 Å². The SMILES string of the molecule is CCc1cccc(CC)c1NC(=O)COC(=O)c1ccc(COc2c(Br)cc(C)cc2Br)cc1. The number of hydrogen-bond acceptors (Lipinski definition) is 4. The summed E-state index contributed by atoms with van der Waals surface area (Å²) in [4.78, 5) is 24.8. The Labute approximate surface area is 217 Å². The minimum absolute atomic E-state index is 0.342. The molecule has 1 amide bonds. The summed E-state index contributed by atoms with van der Waals surface area (Å²) >= 11 is 7.04. The quantitative estimate of drug-likeness (QED) is 0.273. The Balaban J connectivity index is 1.55. The van der Waals surface area contributed by atoms with Gasteiger partial charge in [-0.15, -0.1) is 0 Å². The number of benzene rings is 3. The second-order valence-electron chi connectivity index (χ2n) is 7.83. The summed E-state index contributed by atoms with van der Waals surface area (Å²) in [5.41, 5.74) is 5.31. The van der Waals surface area contributed by atoms with Crippen LogP contribution in [0.3, 0.4) is 0 Å². The van der Waals surface area contributed by atoms with Crippen LogP contribution < -0.4 is 10.1 Å². The van der Waals surface area contributed by atoms with Crippen molar-refractivity contribution in [2.24, 2.45) is 0 Å². The molecule has 3 aromatic carbocycles. The number of esters is 1. The van der Waals surface area contributed by atoms with Crippen molar-refractivity contribution >= 4 is 49.4 Å². The molecule has 5 nitrogen and oxygen atoms in total. The molecule has 0 radical (unpaired) electrons. The molecule has 0 aliphatic heterocycles. The first-order chi connectivity index (χ1) is 16.3. The van der Waals surface area contributed by atoms with Gasteiger partial charge in [0.1, 0.15) is 12.4 Å². The summed E-state index contributed by atoms with van der Waals surface area (Å²) in [6.07, 6.45) is 1.61. The number of ether oxygens (including phenoxy) is 2. The minimum Gasteiger partial charge on any atom is -0.487 e. The highest BCUT2D eigenvalue weighted by molar-refractivity contribution is 9.11. The maximum absolute atomic E-state index is 12.4. The van der Waals surface area contributed by atoms with Gasteiger partial charge < -0.3 is 14.8 Å². The smallest absolute Gasteiger partial charge is 0.338 e. The maximum Gasteiger partial charge on any atom is 0.338 e. The lowest BCUT2D eigenvalue weighted by atomic mass is 10.0. The molecule has 34 heavy (non-hydrogen) atoms. The van der Waals surface area contributed by atoms with E-state index in [1.165, 1.54) is 0 Å². The lowest BCUT2D eigenvalue weighted by Crippen LogP contribution is -2.22. The Morgan fingerprint density at radius 2 is 1.50 bits per heavy atom. The second kappa shape index (κ2) is 12.2. The normalized spacial score (nSPS) is 10.6. The summed E-state index contributed by atoms with van der Waals surface area (Å²) in [6, 6.07) is 16.9. The van der Waals surface area contributed by atoms with Crippen molar-refractivity contribution in [2.75, 3.05) is 11.9 Å². The number of carbonyl (C=O) groups is 2. The van der Waals surface area contributed by atoms with Gasteiger partial charge in [0, 0.05) is 5.69 Å². The van der Waals surface area contributed by atoms with E-state index in [-0.39, 0.29) is 12.5 Å². The third-order valence-corrected chi connectivity index (χ3v) is 6.49. The fraction of sp³-hybridized carbons (Fsp3) is 0.259. The van der Waals surface area contributed by atoms with Gasteiger partial charge in [-0.3, -0.25) is 4.79 Å². The number of carbonyl (C=O) groups excluding carboxylic acids is 2. The molecule has 3 rings (SSSR count). The van der Waals surface area contributed by atoms with E-state index in [4.69, 9.17) is 9.47 Å². The number of para-hydroxylation sites is 1. The van der Waals surface area contributed by atoms with Crippen molar-refractivity contribution in [3.05, 3.63) is 91.4 Å². The molecule has 0 aromatic heterocycles. The molecule has 0 saturated carbocycles. The van der Waals surface area contributed by atoms with Gasteiger partial charge in [-0.1, -0.05) is 44.2 Å². The number of anilines is 1. The van der Waals surface area contributed by atoms with Gasteiger partial charge in [-0.25, -0.2) is 4.79 Å². The number of hydrogen-bond donors (Lipinski definition) is 1. The van der Waals surface area contributed by atoms with E-state index in [2.05, 4.69) is 37.2 Å². The molecule has 0 atom stereocenters. The molecule has 0 spiro atoms. The van der Waals surface area contributed by atoms with Crippen molar-refractivity contribution in [2.45, 2.75) is 40.2 Å². The Morgan fingerprint density at radius 3 is 2.06 bits per heavy atom. The highest BCUT2D eigenvalue weighted by Gasteiger charge is 2.14. The maximum atomic E-state index is 12.4. The van der Waals surface area contributed by atoms with E-state index in [0.29, 0.717) is 12.2 Å². The lowest BCUT2D eigenvalue weighted by molar-refractivity contribution is -0.119. The van der Waals surface area contributed by atoms with E-state index in [0.717, 1.165) is 55.5 Å². The molecule has 0 saturated heterocycles. The molecule has 1 N–H and O–H groups in total. The molecule has 7 heteroatoms. The van der Waals surface area contributed by atoms with Crippen LogP contribution in [0, 0.1) is 6.92 Å². The molecule has 0 unspecified atom stereocenters. The summed E-state index contributed by atoms with van der Waals surface area (Å²) in [5.74, 6) is -0.190. The van der Waals surface area contributed by atoms with Crippen LogP contribution in [0.25, 0.3) is 0 Å². The lowest BCUT2D eigenvalue weighted by Gasteiger charge is -2.14. The van der Waals surface area contributed by atoms with Crippen LogP contribution in [-0.2, 0) is 29.0 Å². The number of rotatable bonds is 9. The first kappa shape index (κ1) is 26.0. The van der Waals surface area contributed by atoms with Crippen molar-refractivity contribution < 1.29 is 19.1 Å². The van der Waals surface area contributed by atoms with Gasteiger partial charge in [-0.05, 0) is 98.1 Å². The monoisotopic (exact) mass is 587 g/mol. The van der Waals surface area contributed by atoms with Gasteiger partial charge in [0.2, 0.25) is 0 Å². The summed E-state index contributed by atoms with van der Waals surface area (Å²) in [7, 11) is 0. The number of aryl methyl sites for hydroxylation is 3. The molecule has 3 aromatic rings. The van der Waals surface area contributed by atoms with Crippen LogP contribution in [0.2, 0.25) is 0 Å². The van der Waals surface area contributed by atoms with Crippen LogP contribution in [0.1, 0.15) is 46.5 Å². The van der Waals surface area contributed by atoms with Crippen LogP contribution in [-0.4, -0.2) is 18.5 Å². The molecular formula is C27H27Br2NO4. The number of nitrogens with one attached hydrogen (secondary N) is 1. The predicted octanol–water partition coefficient (Wildman–Crippen LogP) is 7.02. The number of amides is 1. The highest BCUT2D eigenvalue weighted by Crippen LogP contribution is 2.35. The van der Waals surface area contributed by atoms with Gasteiger partial charge in [0.15, 0.2) is 6.61 Å². The topological polar surface area (TPSA) is 64.6 Å². The third-order valence-electron chi connectivity index (χ3n) is 5.31. The zero-order valence-corrected chi connectivity index (χ0v) is 22.6. The Kier molecular flexibility index (Phi) is 9.30. The summed E-state index contributed by atoms with van der Waals surface area (Å²) in [5, 5.41) is 2.90. The van der Waals surface area contributed by atoms with Crippen LogP contribution in [0.4, 0.5) is 5.69 Å². The number of halogens is 2. The molecule has 0 fully saturated rings. The van der Waals surface area contributed by atoms with E-state index >= 15 is 0 Å². The third kappa shape index (κ3) is 6.70. The minimum atomic E-state index is -0.550. The van der Waals surface area contributed by atoms with Gasteiger partial charge in [0.25, 0.3) is 5.91 Å². The van der Waals surface area contributed by atoms with E-state index in [1.54, 1.807) is 24.3 Å². The largest absolute Gasteiger partial charge is 0.487 e.